The van der Waals surface area contributed by atoms with Crippen molar-refractivity contribution < 1.29 is 18.7 Å². The van der Waals surface area contributed by atoms with Crippen LogP contribution in [-0.4, -0.2) is 46.2 Å². The summed E-state index contributed by atoms with van der Waals surface area (Å²) < 4.78 is 23.4. The molecule has 2 rings (SSSR count). The van der Waals surface area contributed by atoms with Crippen LogP contribution in [0.1, 0.15) is 5.56 Å². The van der Waals surface area contributed by atoms with Gasteiger partial charge in [-0.15, -0.1) is 0 Å². The Morgan fingerprint density at radius 3 is 2.32 bits per heavy atom. The van der Waals surface area contributed by atoms with Gasteiger partial charge in [0.2, 0.25) is 5.91 Å². The van der Waals surface area contributed by atoms with Gasteiger partial charge in [-0.2, -0.15) is 0 Å². The lowest BCUT2D eigenvalue weighted by atomic mass is 10.1. The molecular weight excluding hydrogens is 363 g/mol. The van der Waals surface area contributed by atoms with Gasteiger partial charge in [0, 0.05) is 31.9 Å². The van der Waals surface area contributed by atoms with Crippen LogP contribution in [0.25, 0.3) is 0 Å². The number of nitrogens with one attached hydrogen (secondary N) is 3. The van der Waals surface area contributed by atoms with Crippen LogP contribution in [0.2, 0.25) is 0 Å². The van der Waals surface area contributed by atoms with Crippen LogP contribution in [0.4, 0.5) is 10.1 Å². The van der Waals surface area contributed by atoms with Crippen LogP contribution >= 0.6 is 0 Å². The minimum Gasteiger partial charge on any atom is -0.493 e. The molecule has 0 aliphatic rings. The Kier molecular flexibility index (Phi) is 8.08. The lowest BCUT2D eigenvalue weighted by Crippen LogP contribution is -2.38. The molecule has 0 heterocycles. The molecule has 2 aromatic carbocycles. The molecule has 0 saturated heterocycles. The van der Waals surface area contributed by atoms with E-state index >= 15 is 0 Å². The van der Waals surface area contributed by atoms with Crippen molar-refractivity contribution in [1.29, 1.82) is 0 Å². The first-order valence-electron chi connectivity index (χ1n) is 8.76. The largest absolute Gasteiger partial charge is 0.493 e. The van der Waals surface area contributed by atoms with Crippen molar-refractivity contribution in [2.45, 2.75) is 6.42 Å². The van der Waals surface area contributed by atoms with Gasteiger partial charge in [-0.3, -0.25) is 9.79 Å². The molecular formula is C20H25FN4O3. The number of halogens is 1. The molecule has 3 N–H and O–H groups in total. The van der Waals surface area contributed by atoms with Crippen LogP contribution in [0, 0.1) is 5.82 Å². The minimum absolute atomic E-state index is 0.128. The number of hydrogen-bond acceptors (Lipinski definition) is 4. The molecule has 0 fully saturated rings. The number of guanidine groups is 1. The zero-order valence-corrected chi connectivity index (χ0v) is 16.2. The Balaban J connectivity index is 1.76. The fraction of sp³-hybridized carbons (Fsp3) is 0.300. The summed E-state index contributed by atoms with van der Waals surface area (Å²) in [5.41, 5.74) is 1.55. The number of amides is 1. The second-order valence-electron chi connectivity index (χ2n) is 5.85. The fourth-order valence-corrected chi connectivity index (χ4v) is 2.46. The van der Waals surface area contributed by atoms with Gasteiger partial charge in [0.15, 0.2) is 17.5 Å². The van der Waals surface area contributed by atoms with E-state index in [2.05, 4.69) is 20.9 Å². The Hall–Kier alpha value is -3.29. The van der Waals surface area contributed by atoms with E-state index in [9.17, 15) is 9.18 Å². The highest BCUT2D eigenvalue weighted by molar-refractivity contribution is 5.93. The second kappa shape index (κ2) is 10.8. The molecule has 0 aliphatic carbocycles. The topological polar surface area (TPSA) is 84.0 Å². The quantitative estimate of drug-likeness (QED) is 0.367. The number of anilines is 1. The standard InChI is InChI=1S/C20H25FN4O3/c1-22-20(25-16-8-9-17(27-2)18(13-16)28-3)24-11-10-23-19(26)12-14-4-6-15(21)7-5-14/h4-9,13H,10-12H2,1-3H3,(H,23,26)(H2,22,24,25). The van der Waals surface area contributed by atoms with Crippen molar-refractivity contribution in [3.63, 3.8) is 0 Å². The molecule has 1 amide bonds. The summed E-state index contributed by atoms with van der Waals surface area (Å²) in [6.07, 6.45) is 0.207. The fourth-order valence-electron chi connectivity index (χ4n) is 2.46. The third kappa shape index (κ3) is 6.46. The number of ether oxygens (including phenoxy) is 2. The van der Waals surface area contributed by atoms with Crippen LogP contribution < -0.4 is 25.4 Å². The summed E-state index contributed by atoms with van der Waals surface area (Å²) in [6, 6.07) is 11.3. The van der Waals surface area contributed by atoms with Gasteiger partial charge in [-0.05, 0) is 29.8 Å². The summed E-state index contributed by atoms with van der Waals surface area (Å²) in [4.78, 5) is 16.1. The summed E-state index contributed by atoms with van der Waals surface area (Å²) >= 11 is 0. The van der Waals surface area contributed by atoms with Gasteiger partial charge >= 0.3 is 0 Å². The monoisotopic (exact) mass is 388 g/mol. The molecule has 28 heavy (non-hydrogen) atoms. The molecule has 0 unspecified atom stereocenters. The van der Waals surface area contributed by atoms with Crippen LogP contribution in [0.3, 0.4) is 0 Å². The predicted molar refractivity (Wildman–Crippen MR) is 108 cm³/mol. The first kappa shape index (κ1) is 21.0. The van der Waals surface area contributed by atoms with Crippen LogP contribution in [0.5, 0.6) is 11.5 Å². The smallest absolute Gasteiger partial charge is 0.224 e. The predicted octanol–water partition coefficient (Wildman–Crippen LogP) is 2.19. The van der Waals surface area contributed by atoms with E-state index < -0.39 is 0 Å². The summed E-state index contributed by atoms with van der Waals surface area (Å²) in [5, 5.41) is 9.06. The maximum atomic E-state index is 12.9. The number of carbonyl (C=O) groups excluding carboxylic acids is 1. The number of rotatable bonds is 8. The molecule has 0 saturated carbocycles. The molecule has 0 spiro atoms. The molecule has 8 heteroatoms. The highest BCUT2D eigenvalue weighted by Crippen LogP contribution is 2.29. The van der Waals surface area contributed by atoms with E-state index in [1.165, 1.54) is 12.1 Å². The van der Waals surface area contributed by atoms with E-state index in [1.54, 1.807) is 45.5 Å². The van der Waals surface area contributed by atoms with E-state index in [4.69, 9.17) is 9.47 Å². The first-order chi connectivity index (χ1) is 13.5. The number of hydrogen-bond donors (Lipinski definition) is 3. The molecule has 150 valence electrons. The lowest BCUT2D eigenvalue weighted by Gasteiger charge is -2.14. The Labute approximate surface area is 164 Å². The molecule has 0 radical (unpaired) electrons. The number of methoxy groups -OCH3 is 2. The summed E-state index contributed by atoms with van der Waals surface area (Å²) in [6.45, 7) is 0.911. The van der Waals surface area contributed by atoms with Crippen LogP contribution in [-0.2, 0) is 11.2 Å². The number of benzene rings is 2. The average Bonchev–Trinajstić information content (AvgIpc) is 2.71. The molecule has 0 aliphatic heterocycles. The van der Waals surface area contributed by atoms with Crippen molar-refractivity contribution in [3.8, 4) is 11.5 Å². The highest BCUT2D eigenvalue weighted by Gasteiger charge is 2.07. The number of nitrogens with zero attached hydrogens (tertiary/aromatic N) is 1. The third-order valence-electron chi connectivity index (χ3n) is 3.89. The number of aliphatic imine (C=N–C) groups is 1. The van der Waals surface area contributed by atoms with Gasteiger partial charge in [0.1, 0.15) is 5.82 Å². The van der Waals surface area contributed by atoms with Crippen molar-refractivity contribution in [3.05, 3.63) is 53.8 Å². The maximum Gasteiger partial charge on any atom is 0.224 e. The zero-order valence-electron chi connectivity index (χ0n) is 16.2. The van der Waals surface area contributed by atoms with Gasteiger partial charge in [0.25, 0.3) is 0 Å². The Morgan fingerprint density at radius 2 is 1.68 bits per heavy atom. The van der Waals surface area contributed by atoms with E-state index in [0.29, 0.717) is 30.5 Å². The molecule has 0 atom stereocenters. The lowest BCUT2D eigenvalue weighted by molar-refractivity contribution is -0.120. The van der Waals surface area contributed by atoms with Crippen molar-refractivity contribution >= 4 is 17.6 Å². The first-order valence-corrected chi connectivity index (χ1v) is 8.76. The van der Waals surface area contributed by atoms with Crippen molar-refractivity contribution in [1.82, 2.24) is 10.6 Å². The van der Waals surface area contributed by atoms with Crippen molar-refractivity contribution in [2.75, 3.05) is 39.7 Å². The SMILES string of the molecule is CN=C(NCCNC(=O)Cc1ccc(F)cc1)Nc1ccc(OC)c(OC)c1. The van der Waals surface area contributed by atoms with Gasteiger partial charge < -0.3 is 25.4 Å². The van der Waals surface area contributed by atoms with Gasteiger partial charge in [0.05, 0.1) is 20.6 Å². The van der Waals surface area contributed by atoms with Crippen molar-refractivity contribution in [2.24, 2.45) is 4.99 Å². The minimum atomic E-state index is -0.318. The maximum absolute atomic E-state index is 12.9. The summed E-state index contributed by atoms with van der Waals surface area (Å²) in [7, 11) is 4.81. The molecule has 0 aromatic heterocycles. The summed E-state index contributed by atoms with van der Waals surface area (Å²) in [5.74, 6) is 1.36. The van der Waals surface area contributed by atoms with E-state index in [-0.39, 0.29) is 18.1 Å². The Morgan fingerprint density at radius 1 is 1.00 bits per heavy atom. The average molecular weight is 388 g/mol. The normalized spacial score (nSPS) is 10.9. The highest BCUT2D eigenvalue weighted by atomic mass is 19.1. The van der Waals surface area contributed by atoms with E-state index in [1.807, 2.05) is 6.07 Å². The zero-order chi connectivity index (χ0) is 20.4. The Bertz CT molecular complexity index is 810. The molecule has 2 aromatic rings. The van der Waals surface area contributed by atoms with E-state index in [0.717, 1.165) is 11.3 Å². The van der Waals surface area contributed by atoms with Gasteiger partial charge in [-0.1, -0.05) is 12.1 Å². The van der Waals surface area contributed by atoms with Gasteiger partial charge in [-0.25, -0.2) is 4.39 Å². The second-order valence-corrected chi connectivity index (χ2v) is 5.85. The number of carbonyl (C=O) groups is 1. The molecule has 7 nitrogen and oxygen atoms in total. The molecule has 0 bridgehead atoms. The third-order valence-corrected chi connectivity index (χ3v) is 3.89. The van der Waals surface area contributed by atoms with Crippen LogP contribution in [0.15, 0.2) is 47.5 Å².